The van der Waals surface area contributed by atoms with Crippen molar-refractivity contribution in [1.29, 1.82) is 0 Å². The third kappa shape index (κ3) is 4.92. The molecule has 0 aromatic carbocycles. The average Bonchev–Trinajstić information content (AvgIpc) is 3.18. The Morgan fingerprint density at radius 1 is 1.24 bits per heavy atom. The van der Waals surface area contributed by atoms with Crippen molar-refractivity contribution in [2.24, 2.45) is 5.41 Å². The molecule has 2 heterocycles. The zero-order valence-electron chi connectivity index (χ0n) is 13.8. The molecule has 1 aliphatic carbocycles. The fraction of sp³-hybridized carbons (Fsp3) is 1.00. The lowest BCUT2D eigenvalue weighted by molar-refractivity contribution is -0.0235. The van der Waals surface area contributed by atoms with E-state index in [2.05, 4.69) is 22.2 Å². The quantitative estimate of drug-likeness (QED) is 0.735. The van der Waals surface area contributed by atoms with Crippen LogP contribution in [0.15, 0.2) is 0 Å². The minimum Gasteiger partial charge on any atom is -0.381 e. The summed E-state index contributed by atoms with van der Waals surface area (Å²) in [6, 6.07) is 0.804. The molecule has 3 fully saturated rings. The van der Waals surface area contributed by atoms with E-state index in [1.54, 1.807) is 0 Å². The molecule has 4 heteroatoms. The van der Waals surface area contributed by atoms with E-state index in [1.165, 1.54) is 71.2 Å². The van der Waals surface area contributed by atoms with Gasteiger partial charge in [0.15, 0.2) is 0 Å². The molecule has 0 aromatic heterocycles. The van der Waals surface area contributed by atoms with Crippen molar-refractivity contribution < 1.29 is 4.74 Å². The highest BCUT2D eigenvalue weighted by molar-refractivity contribution is 4.91. The maximum absolute atomic E-state index is 5.84. The van der Waals surface area contributed by atoms with Gasteiger partial charge in [0.25, 0.3) is 0 Å². The molecule has 0 radical (unpaired) electrons. The molecule has 2 aliphatic heterocycles. The molecule has 0 aromatic rings. The van der Waals surface area contributed by atoms with Gasteiger partial charge in [-0.3, -0.25) is 0 Å². The predicted octanol–water partition coefficient (Wildman–Crippen LogP) is 1.56. The van der Waals surface area contributed by atoms with Crippen LogP contribution in [0, 0.1) is 5.41 Å². The number of ether oxygens (including phenoxy) is 1. The number of likely N-dealkylation sites (N-methyl/N-ethyl adjacent to an activating group) is 1. The summed E-state index contributed by atoms with van der Waals surface area (Å²) in [6.07, 6.45) is 8.09. The Labute approximate surface area is 130 Å². The minimum atomic E-state index is 0.348. The molecular weight excluding hydrogens is 262 g/mol. The summed E-state index contributed by atoms with van der Waals surface area (Å²) in [6.45, 7) is 9.29. The first-order valence-electron chi connectivity index (χ1n) is 8.98. The molecule has 3 rings (SSSR count). The zero-order valence-corrected chi connectivity index (χ0v) is 13.8. The van der Waals surface area contributed by atoms with Crippen molar-refractivity contribution in [3.8, 4) is 0 Å². The Morgan fingerprint density at radius 3 is 2.71 bits per heavy atom. The van der Waals surface area contributed by atoms with Gasteiger partial charge in [0.2, 0.25) is 0 Å². The molecular formula is C17H33N3O. The van der Waals surface area contributed by atoms with Crippen molar-refractivity contribution in [2.45, 2.75) is 44.6 Å². The van der Waals surface area contributed by atoms with Gasteiger partial charge in [-0.25, -0.2) is 0 Å². The minimum absolute atomic E-state index is 0.348. The van der Waals surface area contributed by atoms with Crippen molar-refractivity contribution in [3.63, 3.8) is 0 Å². The van der Waals surface area contributed by atoms with Gasteiger partial charge in [-0.1, -0.05) is 0 Å². The second kappa shape index (κ2) is 7.40. The first kappa shape index (κ1) is 15.7. The van der Waals surface area contributed by atoms with E-state index in [4.69, 9.17) is 4.74 Å². The zero-order chi connectivity index (χ0) is 14.5. The summed E-state index contributed by atoms with van der Waals surface area (Å²) < 4.78 is 5.84. The second-order valence-corrected chi connectivity index (χ2v) is 7.60. The van der Waals surface area contributed by atoms with Gasteiger partial charge in [-0.05, 0) is 58.7 Å². The van der Waals surface area contributed by atoms with Gasteiger partial charge >= 0.3 is 0 Å². The molecule has 0 amide bonds. The van der Waals surface area contributed by atoms with E-state index in [0.29, 0.717) is 5.41 Å². The summed E-state index contributed by atoms with van der Waals surface area (Å²) in [7, 11) is 2.30. The lowest BCUT2D eigenvalue weighted by Crippen LogP contribution is -2.49. The fourth-order valence-corrected chi connectivity index (χ4v) is 3.85. The molecule has 122 valence electrons. The second-order valence-electron chi connectivity index (χ2n) is 7.60. The summed E-state index contributed by atoms with van der Waals surface area (Å²) >= 11 is 0. The molecule has 1 N–H and O–H groups in total. The van der Waals surface area contributed by atoms with E-state index in [1.807, 2.05) is 0 Å². The summed E-state index contributed by atoms with van der Waals surface area (Å²) in [5.41, 5.74) is 0.348. The van der Waals surface area contributed by atoms with Gasteiger partial charge in [0.1, 0.15) is 0 Å². The number of hydrogen-bond acceptors (Lipinski definition) is 4. The van der Waals surface area contributed by atoms with Gasteiger partial charge in [0.05, 0.1) is 6.61 Å². The molecule has 21 heavy (non-hydrogen) atoms. The van der Waals surface area contributed by atoms with Gasteiger partial charge in [0, 0.05) is 44.2 Å². The Balaban J connectivity index is 1.44. The Kier molecular flexibility index (Phi) is 5.54. The van der Waals surface area contributed by atoms with E-state index in [0.717, 1.165) is 25.8 Å². The van der Waals surface area contributed by atoms with E-state index < -0.39 is 0 Å². The average molecular weight is 295 g/mol. The number of rotatable bonds is 8. The molecule has 4 nitrogen and oxygen atoms in total. The van der Waals surface area contributed by atoms with Crippen LogP contribution in [0.5, 0.6) is 0 Å². The number of hydrogen-bond donors (Lipinski definition) is 1. The van der Waals surface area contributed by atoms with E-state index in [-0.39, 0.29) is 0 Å². The summed E-state index contributed by atoms with van der Waals surface area (Å²) in [5, 5.41) is 3.75. The fourth-order valence-electron chi connectivity index (χ4n) is 3.85. The summed E-state index contributed by atoms with van der Waals surface area (Å²) in [4.78, 5) is 5.16. The van der Waals surface area contributed by atoms with Crippen LogP contribution in [0.1, 0.15) is 38.5 Å². The van der Waals surface area contributed by atoms with Crippen LogP contribution in [-0.4, -0.2) is 75.4 Å². The highest BCUT2D eigenvalue weighted by Crippen LogP contribution is 2.30. The first-order chi connectivity index (χ1) is 10.3. The van der Waals surface area contributed by atoms with Crippen LogP contribution in [0.4, 0.5) is 0 Å². The molecule has 2 saturated heterocycles. The third-order valence-corrected chi connectivity index (χ3v) is 5.35. The Hall–Kier alpha value is -0.160. The van der Waals surface area contributed by atoms with Crippen LogP contribution < -0.4 is 5.32 Å². The van der Waals surface area contributed by atoms with Crippen LogP contribution >= 0.6 is 0 Å². The largest absolute Gasteiger partial charge is 0.381 e. The molecule has 0 bridgehead atoms. The lowest BCUT2D eigenvalue weighted by Gasteiger charge is -2.40. The number of nitrogens with zero attached hydrogens (tertiary/aromatic N) is 2. The molecule has 1 saturated carbocycles. The predicted molar refractivity (Wildman–Crippen MR) is 86.7 cm³/mol. The third-order valence-electron chi connectivity index (χ3n) is 5.35. The van der Waals surface area contributed by atoms with Gasteiger partial charge in [-0.2, -0.15) is 0 Å². The molecule has 3 aliphatic rings. The monoisotopic (exact) mass is 295 g/mol. The smallest absolute Gasteiger partial charge is 0.0546 e. The SMILES string of the molecule is CN(CCN1CCCC1)CC1(CNC2CC2)CCCOC1. The highest BCUT2D eigenvalue weighted by atomic mass is 16.5. The van der Waals surface area contributed by atoms with Crippen LogP contribution in [0.25, 0.3) is 0 Å². The van der Waals surface area contributed by atoms with Crippen molar-refractivity contribution in [3.05, 3.63) is 0 Å². The van der Waals surface area contributed by atoms with Crippen molar-refractivity contribution in [1.82, 2.24) is 15.1 Å². The Morgan fingerprint density at radius 2 is 2.05 bits per heavy atom. The topological polar surface area (TPSA) is 27.7 Å². The lowest BCUT2D eigenvalue weighted by atomic mass is 9.81. The molecule has 1 unspecified atom stereocenters. The summed E-state index contributed by atoms with van der Waals surface area (Å²) in [5.74, 6) is 0. The van der Waals surface area contributed by atoms with Gasteiger partial charge in [-0.15, -0.1) is 0 Å². The molecule has 0 spiro atoms. The van der Waals surface area contributed by atoms with E-state index >= 15 is 0 Å². The molecule has 1 atom stereocenters. The number of nitrogens with one attached hydrogen (secondary N) is 1. The van der Waals surface area contributed by atoms with Crippen molar-refractivity contribution >= 4 is 0 Å². The normalized spacial score (nSPS) is 31.1. The first-order valence-corrected chi connectivity index (χ1v) is 8.98. The highest BCUT2D eigenvalue weighted by Gasteiger charge is 2.35. The van der Waals surface area contributed by atoms with Crippen LogP contribution in [-0.2, 0) is 4.74 Å². The van der Waals surface area contributed by atoms with Gasteiger partial charge < -0.3 is 19.9 Å². The Bertz CT molecular complexity index is 307. The maximum Gasteiger partial charge on any atom is 0.0546 e. The number of likely N-dealkylation sites (tertiary alicyclic amines) is 1. The maximum atomic E-state index is 5.84. The van der Waals surface area contributed by atoms with E-state index in [9.17, 15) is 0 Å². The van der Waals surface area contributed by atoms with Crippen LogP contribution in [0.2, 0.25) is 0 Å². The standard InChI is InChI=1S/C17H33N3O/c1-19(10-11-20-8-2-3-9-20)14-17(7-4-12-21-15-17)13-18-16-5-6-16/h16,18H,2-15H2,1H3. The van der Waals surface area contributed by atoms with Crippen molar-refractivity contribution in [2.75, 3.05) is 59.5 Å². The van der Waals surface area contributed by atoms with Crippen LogP contribution in [0.3, 0.4) is 0 Å².